The molecule has 0 saturated heterocycles. The molecular weight excluding hydrogens is 205 g/mol. The Hall–Kier alpha value is -1.58. The first-order valence-corrected chi connectivity index (χ1v) is 5.42. The smallest absolute Gasteiger partial charge is 0.201 e. The monoisotopic (exact) mass is 219 g/mol. The van der Waals surface area contributed by atoms with E-state index < -0.39 is 0 Å². The Morgan fingerprint density at radius 1 is 1.50 bits per heavy atom. The zero-order valence-electron chi connectivity index (χ0n) is 9.37. The molecule has 0 aliphatic heterocycles. The molecule has 1 atom stereocenters. The van der Waals surface area contributed by atoms with Gasteiger partial charge < -0.3 is 10.3 Å². The molecule has 1 aromatic heterocycles. The van der Waals surface area contributed by atoms with Crippen molar-refractivity contribution in [1.29, 1.82) is 0 Å². The van der Waals surface area contributed by atoms with E-state index >= 15 is 0 Å². The fourth-order valence-corrected chi connectivity index (χ4v) is 2.31. The zero-order valence-corrected chi connectivity index (χ0v) is 9.37. The SMILES string of the molecule is CC1(C)CC1n1c(N)nc2c(F)cccc21. The molecule has 1 aliphatic rings. The van der Waals surface area contributed by atoms with Gasteiger partial charge in [0.05, 0.1) is 5.52 Å². The number of anilines is 1. The van der Waals surface area contributed by atoms with Crippen molar-refractivity contribution >= 4 is 17.0 Å². The lowest BCUT2D eigenvalue weighted by Crippen LogP contribution is -2.04. The highest BCUT2D eigenvalue weighted by molar-refractivity contribution is 5.79. The van der Waals surface area contributed by atoms with Gasteiger partial charge in [-0.2, -0.15) is 0 Å². The molecule has 4 heteroatoms. The highest BCUT2D eigenvalue weighted by Gasteiger charge is 2.48. The molecule has 1 saturated carbocycles. The van der Waals surface area contributed by atoms with Gasteiger partial charge >= 0.3 is 0 Å². The molecule has 0 amide bonds. The molecule has 1 heterocycles. The third-order valence-corrected chi connectivity index (χ3v) is 3.47. The van der Waals surface area contributed by atoms with E-state index in [9.17, 15) is 4.39 Å². The summed E-state index contributed by atoms with van der Waals surface area (Å²) in [5.74, 6) is 0.108. The Kier molecular flexibility index (Phi) is 1.66. The van der Waals surface area contributed by atoms with Crippen LogP contribution in [-0.2, 0) is 0 Å². The highest BCUT2D eigenvalue weighted by atomic mass is 19.1. The second-order valence-electron chi connectivity index (χ2n) is 5.16. The largest absolute Gasteiger partial charge is 0.369 e. The zero-order chi connectivity index (χ0) is 11.5. The predicted octanol–water partition coefficient (Wildman–Crippen LogP) is 2.73. The van der Waals surface area contributed by atoms with Gasteiger partial charge in [0.1, 0.15) is 5.52 Å². The van der Waals surface area contributed by atoms with E-state index in [0.29, 0.717) is 17.5 Å². The minimum Gasteiger partial charge on any atom is -0.369 e. The summed E-state index contributed by atoms with van der Waals surface area (Å²) in [6.07, 6.45) is 1.07. The lowest BCUT2D eigenvalue weighted by Gasteiger charge is -2.08. The van der Waals surface area contributed by atoms with Crippen LogP contribution < -0.4 is 5.73 Å². The van der Waals surface area contributed by atoms with Crippen molar-refractivity contribution < 1.29 is 4.39 Å². The van der Waals surface area contributed by atoms with E-state index in [0.717, 1.165) is 11.9 Å². The molecule has 3 nitrogen and oxygen atoms in total. The Morgan fingerprint density at radius 2 is 2.19 bits per heavy atom. The maximum absolute atomic E-state index is 13.5. The minimum absolute atomic E-state index is 0.244. The number of aromatic nitrogens is 2. The fourth-order valence-electron chi connectivity index (χ4n) is 2.31. The van der Waals surface area contributed by atoms with E-state index in [4.69, 9.17) is 5.73 Å². The average Bonchev–Trinajstić information content (AvgIpc) is 2.68. The first-order valence-electron chi connectivity index (χ1n) is 5.42. The van der Waals surface area contributed by atoms with E-state index in [2.05, 4.69) is 18.8 Å². The van der Waals surface area contributed by atoms with Crippen molar-refractivity contribution in [3.63, 3.8) is 0 Å². The van der Waals surface area contributed by atoms with E-state index in [1.54, 1.807) is 6.07 Å². The third-order valence-electron chi connectivity index (χ3n) is 3.47. The summed E-state index contributed by atoms with van der Waals surface area (Å²) in [7, 11) is 0. The van der Waals surface area contributed by atoms with Crippen molar-refractivity contribution in [3.8, 4) is 0 Å². The molecule has 2 aromatic rings. The molecule has 1 unspecified atom stereocenters. The van der Waals surface area contributed by atoms with Crippen LogP contribution in [0.25, 0.3) is 11.0 Å². The van der Waals surface area contributed by atoms with E-state index in [-0.39, 0.29) is 11.2 Å². The predicted molar refractivity (Wildman–Crippen MR) is 61.5 cm³/mol. The van der Waals surface area contributed by atoms with Crippen molar-refractivity contribution in [2.75, 3.05) is 5.73 Å². The maximum atomic E-state index is 13.5. The van der Waals surface area contributed by atoms with Crippen molar-refractivity contribution in [1.82, 2.24) is 9.55 Å². The van der Waals surface area contributed by atoms with Crippen molar-refractivity contribution in [2.45, 2.75) is 26.3 Å². The van der Waals surface area contributed by atoms with Gasteiger partial charge in [-0.3, -0.25) is 0 Å². The number of fused-ring (bicyclic) bond motifs is 1. The van der Waals surface area contributed by atoms with Gasteiger partial charge in [-0.05, 0) is 24.0 Å². The van der Waals surface area contributed by atoms with Gasteiger partial charge in [0.2, 0.25) is 5.95 Å². The molecule has 1 aliphatic carbocycles. The molecule has 1 aromatic carbocycles. The molecule has 16 heavy (non-hydrogen) atoms. The summed E-state index contributed by atoms with van der Waals surface area (Å²) in [6.45, 7) is 4.37. The molecule has 0 bridgehead atoms. The molecule has 2 N–H and O–H groups in total. The molecule has 84 valence electrons. The van der Waals surface area contributed by atoms with Crippen LogP contribution in [0.4, 0.5) is 10.3 Å². The highest BCUT2D eigenvalue weighted by Crippen LogP contribution is 2.57. The lowest BCUT2D eigenvalue weighted by molar-refractivity contribution is 0.553. The van der Waals surface area contributed by atoms with Crippen LogP contribution in [0, 0.1) is 11.2 Å². The number of hydrogen-bond donors (Lipinski definition) is 1. The Morgan fingerprint density at radius 3 is 2.81 bits per heavy atom. The van der Waals surface area contributed by atoms with E-state index in [1.165, 1.54) is 6.07 Å². The molecule has 0 spiro atoms. The lowest BCUT2D eigenvalue weighted by atomic mass is 10.2. The Bertz CT molecular complexity index is 571. The summed E-state index contributed by atoms with van der Waals surface area (Å²) in [6, 6.07) is 5.33. The standard InChI is InChI=1S/C12H14FN3/c1-12(2)6-9(12)16-8-5-3-4-7(13)10(8)15-11(16)14/h3-5,9H,6H2,1-2H3,(H2,14,15). The van der Waals surface area contributed by atoms with Gasteiger partial charge in [-0.15, -0.1) is 0 Å². The molecule has 0 radical (unpaired) electrons. The minimum atomic E-state index is -0.304. The average molecular weight is 219 g/mol. The molecule has 1 fully saturated rings. The number of nitrogens with two attached hydrogens (primary N) is 1. The maximum Gasteiger partial charge on any atom is 0.201 e. The summed E-state index contributed by atoms with van der Waals surface area (Å²) >= 11 is 0. The number of benzene rings is 1. The fraction of sp³-hybridized carbons (Fsp3) is 0.417. The number of halogens is 1. The Labute approximate surface area is 93.1 Å². The van der Waals surface area contributed by atoms with Gasteiger partial charge in [-0.25, -0.2) is 9.37 Å². The first kappa shape index (κ1) is 9.63. The van der Waals surface area contributed by atoms with Crippen LogP contribution in [0.5, 0.6) is 0 Å². The first-order chi connectivity index (χ1) is 7.50. The quantitative estimate of drug-likeness (QED) is 0.801. The summed E-state index contributed by atoms with van der Waals surface area (Å²) in [4.78, 5) is 4.11. The number of imidazole rings is 1. The molecular formula is C12H14FN3. The van der Waals surface area contributed by atoms with Crippen LogP contribution in [-0.4, -0.2) is 9.55 Å². The molecule has 3 rings (SSSR count). The van der Waals surface area contributed by atoms with Crippen molar-refractivity contribution in [3.05, 3.63) is 24.0 Å². The van der Waals surface area contributed by atoms with E-state index in [1.807, 2.05) is 10.6 Å². The number of para-hydroxylation sites is 1. The van der Waals surface area contributed by atoms with Crippen LogP contribution in [0.2, 0.25) is 0 Å². The number of rotatable bonds is 1. The van der Waals surface area contributed by atoms with Crippen LogP contribution in [0.3, 0.4) is 0 Å². The number of nitrogen functional groups attached to an aromatic ring is 1. The van der Waals surface area contributed by atoms with Crippen LogP contribution in [0.1, 0.15) is 26.3 Å². The second kappa shape index (κ2) is 2.75. The third kappa shape index (κ3) is 1.16. The van der Waals surface area contributed by atoms with Gasteiger partial charge in [0, 0.05) is 6.04 Å². The van der Waals surface area contributed by atoms with Gasteiger partial charge in [0.15, 0.2) is 5.82 Å². The van der Waals surface area contributed by atoms with Gasteiger partial charge in [0.25, 0.3) is 0 Å². The van der Waals surface area contributed by atoms with Crippen molar-refractivity contribution in [2.24, 2.45) is 5.41 Å². The number of hydrogen-bond acceptors (Lipinski definition) is 2. The van der Waals surface area contributed by atoms with Crippen LogP contribution >= 0.6 is 0 Å². The van der Waals surface area contributed by atoms with Crippen LogP contribution in [0.15, 0.2) is 18.2 Å². The topological polar surface area (TPSA) is 43.8 Å². The normalized spacial score (nSPS) is 22.6. The summed E-state index contributed by atoms with van der Waals surface area (Å²) < 4.78 is 15.5. The summed E-state index contributed by atoms with van der Waals surface area (Å²) in [5, 5.41) is 0. The Balaban J connectivity index is 2.25. The summed E-state index contributed by atoms with van der Waals surface area (Å²) in [5.41, 5.74) is 7.29. The second-order valence-corrected chi connectivity index (χ2v) is 5.16. The number of nitrogens with zero attached hydrogens (tertiary/aromatic N) is 2. The van der Waals surface area contributed by atoms with Gasteiger partial charge in [-0.1, -0.05) is 19.9 Å².